The second-order valence-corrected chi connectivity index (χ2v) is 5.48. The van der Waals surface area contributed by atoms with E-state index in [1.54, 1.807) is 0 Å². The number of ketones is 1. The Morgan fingerprint density at radius 2 is 1.95 bits per heavy atom. The minimum Gasteiger partial charge on any atom is -0.379 e. The third-order valence-corrected chi connectivity index (χ3v) is 3.87. The number of benzene rings is 1. The van der Waals surface area contributed by atoms with E-state index in [9.17, 15) is 4.79 Å². The SMILES string of the molecule is Cc1ccc(C(=O)C(C)CN2CCOCC2)cc1C. The van der Waals surface area contributed by atoms with E-state index >= 15 is 0 Å². The van der Waals surface area contributed by atoms with Crippen molar-refractivity contribution in [3.05, 3.63) is 34.9 Å². The summed E-state index contributed by atoms with van der Waals surface area (Å²) in [6.45, 7) is 10.4. The van der Waals surface area contributed by atoms with E-state index in [0.717, 1.165) is 38.4 Å². The predicted molar refractivity (Wildman–Crippen MR) is 76.7 cm³/mol. The number of nitrogens with zero attached hydrogens (tertiary/aromatic N) is 1. The molecule has 1 aromatic carbocycles. The van der Waals surface area contributed by atoms with Crippen molar-refractivity contribution in [1.29, 1.82) is 0 Å². The van der Waals surface area contributed by atoms with Crippen LogP contribution in [0.15, 0.2) is 18.2 Å². The van der Waals surface area contributed by atoms with Crippen LogP contribution in [-0.4, -0.2) is 43.5 Å². The van der Waals surface area contributed by atoms with Gasteiger partial charge >= 0.3 is 0 Å². The number of aryl methyl sites for hydroxylation is 2. The fraction of sp³-hybridized carbons (Fsp3) is 0.562. The van der Waals surface area contributed by atoms with Gasteiger partial charge in [-0.3, -0.25) is 9.69 Å². The number of ether oxygens (including phenoxy) is 1. The first-order valence-corrected chi connectivity index (χ1v) is 6.99. The van der Waals surface area contributed by atoms with Crippen molar-refractivity contribution in [3.8, 4) is 0 Å². The molecule has 0 N–H and O–H groups in total. The van der Waals surface area contributed by atoms with Gasteiger partial charge in [0.05, 0.1) is 13.2 Å². The van der Waals surface area contributed by atoms with Crippen molar-refractivity contribution in [2.45, 2.75) is 20.8 Å². The molecule has 0 saturated carbocycles. The van der Waals surface area contributed by atoms with Crippen molar-refractivity contribution in [3.63, 3.8) is 0 Å². The molecule has 3 heteroatoms. The van der Waals surface area contributed by atoms with Crippen LogP contribution >= 0.6 is 0 Å². The molecule has 1 saturated heterocycles. The van der Waals surface area contributed by atoms with Crippen LogP contribution in [-0.2, 0) is 4.74 Å². The lowest BCUT2D eigenvalue weighted by Gasteiger charge is -2.28. The van der Waals surface area contributed by atoms with Crippen molar-refractivity contribution in [2.75, 3.05) is 32.8 Å². The van der Waals surface area contributed by atoms with Crippen LogP contribution in [0, 0.1) is 19.8 Å². The molecule has 0 aliphatic carbocycles. The molecule has 2 rings (SSSR count). The first kappa shape index (κ1) is 14.2. The molecule has 1 heterocycles. The quantitative estimate of drug-likeness (QED) is 0.780. The number of hydrogen-bond acceptors (Lipinski definition) is 3. The van der Waals surface area contributed by atoms with Gasteiger partial charge in [0, 0.05) is 31.1 Å². The highest BCUT2D eigenvalue weighted by molar-refractivity contribution is 5.98. The van der Waals surface area contributed by atoms with E-state index < -0.39 is 0 Å². The Balaban J connectivity index is 1.99. The smallest absolute Gasteiger partial charge is 0.166 e. The number of carbonyl (C=O) groups excluding carboxylic acids is 1. The second kappa shape index (κ2) is 6.31. The monoisotopic (exact) mass is 261 g/mol. The van der Waals surface area contributed by atoms with Gasteiger partial charge < -0.3 is 4.74 Å². The summed E-state index contributed by atoms with van der Waals surface area (Å²) >= 11 is 0. The molecular formula is C16H23NO2. The maximum atomic E-state index is 12.4. The van der Waals surface area contributed by atoms with Crippen LogP contribution in [0.1, 0.15) is 28.4 Å². The molecule has 0 aromatic heterocycles. The van der Waals surface area contributed by atoms with Gasteiger partial charge in [-0.15, -0.1) is 0 Å². The average Bonchev–Trinajstić information content (AvgIpc) is 2.42. The Kier molecular flexibility index (Phi) is 4.72. The van der Waals surface area contributed by atoms with E-state index in [-0.39, 0.29) is 11.7 Å². The molecule has 0 bridgehead atoms. The van der Waals surface area contributed by atoms with Crippen LogP contribution in [0.5, 0.6) is 0 Å². The van der Waals surface area contributed by atoms with Gasteiger partial charge in [-0.2, -0.15) is 0 Å². The average molecular weight is 261 g/mol. The van der Waals surface area contributed by atoms with E-state index in [2.05, 4.69) is 18.7 Å². The van der Waals surface area contributed by atoms with Crippen molar-refractivity contribution in [1.82, 2.24) is 4.90 Å². The zero-order chi connectivity index (χ0) is 13.8. The summed E-state index contributed by atoms with van der Waals surface area (Å²) in [5.74, 6) is 0.287. The van der Waals surface area contributed by atoms with Crippen LogP contribution in [0.25, 0.3) is 0 Å². The van der Waals surface area contributed by atoms with Gasteiger partial charge in [0.1, 0.15) is 0 Å². The molecule has 1 unspecified atom stereocenters. The Morgan fingerprint density at radius 3 is 2.58 bits per heavy atom. The summed E-state index contributed by atoms with van der Waals surface area (Å²) < 4.78 is 5.33. The van der Waals surface area contributed by atoms with E-state index in [0.29, 0.717) is 0 Å². The number of carbonyl (C=O) groups is 1. The summed E-state index contributed by atoms with van der Waals surface area (Å²) in [5, 5.41) is 0. The van der Waals surface area contributed by atoms with Crippen molar-refractivity contribution < 1.29 is 9.53 Å². The molecule has 1 aromatic rings. The summed E-state index contributed by atoms with van der Waals surface area (Å²) in [7, 11) is 0. The zero-order valence-electron chi connectivity index (χ0n) is 12.1. The normalized spacial score (nSPS) is 18.3. The van der Waals surface area contributed by atoms with Crippen LogP contribution in [0.2, 0.25) is 0 Å². The predicted octanol–water partition coefficient (Wildman–Crippen LogP) is 2.45. The van der Waals surface area contributed by atoms with Gasteiger partial charge in [0.25, 0.3) is 0 Å². The summed E-state index contributed by atoms with van der Waals surface area (Å²) in [5.41, 5.74) is 3.26. The Labute approximate surface area is 115 Å². The molecule has 19 heavy (non-hydrogen) atoms. The van der Waals surface area contributed by atoms with Gasteiger partial charge in [0.15, 0.2) is 5.78 Å². The number of Topliss-reactive ketones (excluding diaryl/α,β-unsaturated/α-hetero) is 1. The molecule has 0 amide bonds. The number of rotatable bonds is 4. The lowest BCUT2D eigenvalue weighted by atomic mass is 9.96. The van der Waals surface area contributed by atoms with Gasteiger partial charge in [0.2, 0.25) is 0 Å². The Hall–Kier alpha value is -1.19. The van der Waals surface area contributed by atoms with Crippen molar-refractivity contribution in [2.24, 2.45) is 5.92 Å². The standard InChI is InChI=1S/C16H23NO2/c1-12-4-5-15(10-13(12)2)16(18)14(3)11-17-6-8-19-9-7-17/h4-5,10,14H,6-9,11H2,1-3H3. The summed E-state index contributed by atoms with van der Waals surface area (Å²) in [4.78, 5) is 14.7. The highest BCUT2D eigenvalue weighted by Gasteiger charge is 2.20. The lowest BCUT2D eigenvalue weighted by molar-refractivity contribution is 0.0313. The number of morpholine rings is 1. The molecule has 104 valence electrons. The first-order chi connectivity index (χ1) is 9.08. The molecule has 0 radical (unpaired) electrons. The molecule has 1 aliphatic rings. The third kappa shape index (κ3) is 3.64. The minimum atomic E-state index is 0.0419. The molecule has 1 atom stereocenters. The minimum absolute atomic E-state index is 0.0419. The van der Waals surface area contributed by atoms with Gasteiger partial charge in [-0.25, -0.2) is 0 Å². The molecular weight excluding hydrogens is 238 g/mol. The largest absolute Gasteiger partial charge is 0.379 e. The Bertz CT molecular complexity index is 450. The maximum absolute atomic E-state index is 12.4. The fourth-order valence-corrected chi connectivity index (χ4v) is 2.43. The molecule has 3 nitrogen and oxygen atoms in total. The van der Waals surface area contributed by atoms with E-state index in [1.165, 1.54) is 11.1 Å². The van der Waals surface area contributed by atoms with Crippen LogP contribution in [0.3, 0.4) is 0 Å². The zero-order valence-corrected chi connectivity index (χ0v) is 12.1. The van der Waals surface area contributed by atoms with Gasteiger partial charge in [-0.05, 0) is 31.0 Å². The summed E-state index contributed by atoms with van der Waals surface area (Å²) in [6.07, 6.45) is 0. The highest BCUT2D eigenvalue weighted by atomic mass is 16.5. The second-order valence-electron chi connectivity index (χ2n) is 5.48. The van der Waals surface area contributed by atoms with Crippen LogP contribution in [0.4, 0.5) is 0 Å². The number of hydrogen-bond donors (Lipinski definition) is 0. The van der Waals surface area contributed by atoms with Crippen molar-refractivity contribution >= 4 is 5.78 Å². The topological polar surface area (TPSA) is 29.5 Å². The fourth-order valence-electron chi connectivity index (χ4n) is 2.43. The molecule has 1 aliphatic heterocycles. The summed E-state index contributed by atoms with van der Waals surface area (Å²) in [6, 6.07) is 5.98. The maximum Gasteiger partial charge on any atom is 0.166 e. The third-order valence-electron chi connectivity index (χ3n) is 3.87. The molecule has 1 fully saturated rings. The van der Waals surface area contributed by atoms with Crippen LogP contribution < -0.4 is 0 Å². The lowest BCUT2D eigenvalue weighted by Crippen LogP contribution is -2.40. The highest BCUT2D eigenvalue weighted by Crippen LogP contribution is 2.15. The molecule has 0 spiro atoms. The van der Waals surface area contributed by atoms with E-state index in [1.807, 2.05) is 25.1 Å². The Morgan fingerprint density at radius 1 is 1.26 bits per heavy atom. The van der Waals surface area contributed by atoms with E-state index in [4.69, 9.17) is 4.74 Å². The van der Waals surface area contributed by atoms with Gasteiger partial charge in [-0.1, -0.05) is 19.1 Å². The first-order valence-electron chi connectivity index (χ1n) is 6.99.